The van der Waals surface area contributed by atoms with Gasteiger partial charge in [-0.15, -0.1) is 0 Å². The number of amides is 1. The molecule has 0 radical (unpaired) electrons. The molecular weight excluding hydrogens is 154 g/mol. The lowest BCUT2D eigenvalue weighted by Crippen LogP contribution is -2.42. The van der Waals surface area contributed by atoms with Crippen molar-refractivity contribution in [2.24, 2.45) is 0 Å². The molecule has 3 nitrogen and oxygen atoms in total. The zero-order valence-electron chi connectivity index (χ0n) is 7.21. The van der Waals surface area contributed by atoms with Crippen LogP contribution in [0.25, 0.3) is 0 Å². The minimum atomic E-state index is -0.204. The summed E-state index contributed by atoms with van der Waals surface area (Å²) in [4.78, 5) is 11.1. The molecule has 2 rings (SSSR count). The summed E-state index contributed by atoms with van der Waals surface area (Å²) < 4.78 is 5.14. The van der Waals surface area contributed by atoms with E-state index in [0.717, 1.165) is 25.7 Å². The molecule has 1 N–H and O–H groups in total. The summed E-state index contributed by atoms with van der Waals surface area (Å²) >= 11 is 0. The summed E-state index contributed by atoms with van der Waals surface area (Å²) in [5, 5.41) is 2.85. The fourth-order valence-electron chi connectivity index (χ4n) is 1.39. The molecule has 0 unspecified atom stereocenters. The number of ether oxygens (including phenoxy) is 1. The fourth-order valence-corrected chi connectivity index (χ4v) is 1.39. The number of rotatable bonds is 2. The number of hydrogen-bond donors (Lipinski definition) is 1. The number of hydrogen-bond acceptors (Lipinski definition) is 2. The Morgan fingerprint density at radius 3 is 2.25 bits per heavy atom. The van der Waals surface area contributed by atoms with Crippen LogP contribution in [-0.2, 0) is 4.74 Å². The zero-order chi connectivity index (χ0) is 8.39. The second-order valence-electron chi connectivity index (χ2n) is 3.73. The van der Waals surface area contributed by atoms with Gasteiger partial charge in [-0.2, -0.15) is 0 Å². The first-order valence-corrected chi connectivity index (χ1v) is 4.82. The molecule has 12 heavy (non-hydrogen) atoms. The van der Waals surface area contributed by atoms with Crippen molar-refractivity contribution in [2.45, 2.75) is 50.7 Å². The van der Waals surface area contributed by atoms with Gasteiger partial charge in [-0.05, 0) is 38.5 Å². The Labute approximate surface area is 72.5 Å². The summed E-state index contributed by atoms with van der Waals surface area (Å²) in [5.41, 5.74) is 0. The van der Waals surface area contributed by atoms with Gasteiger partial charge < -0.3 is 10.1 Å². The molecule has 0 aromatic carbocycles. The molecule has 0 heterocycles. The number of carbonyl (C=O) groups is 1. The number of carbonyl (C=O) groups excluding carboxylic acids is 1. The van der Waals surface area contributed by atoms with E-state index in [-0.39, 0.29) is 12.2 Å². The molecule has 68 valence electrons. The van der Waals surface area contributed by atoms with Gasteiger partial charge in [0.1, 0.15) is 6.10 Å². The molecule has 2 aliphatic carbocycles. The van der Waals surface area contributed by atoms with E-state index in [2.05, 4.69) is 5.32 Å². The van der Waals surface area contributed by atoms with Gasteiger partial charge in [-0.1, -0.05) is 0 Å². The van der Waals surface area contributed by atoms with Crippen LogP contribution in [0.15, 0.2) is 0 Å². The molecule has 2 fully saturated rings. The predicted octanol–water partition coefficient (Wildman–Crippen LogP) is 1.82. The van der Waals surface area contributed by atoms with Crippen molar-refractivity contribution in [3.05, 3.63) is 0 Å². The molecule has 2 saturated carbocycles. The Morgan fingerprint density at radius 1 is 1.17 bits per heavy atom. The Morgan fingerprint density at radius 2 is 1.83 bits per heavy atom. The SMILES string of the molecule is O=C(NC1CCC1)OC1CCC1. The minimum absolute atomic E-state index is 0.204. The molecule has 3 heteroatoms. The summed E-state index contributed by atoms with van der Waals surface area (Å²) in [6.45, 7) is 0. The van der Waals surface area contributed by atoms with Gasteiger partial charge in [0, 0.05) is 6.04 Å². The van der Waals surface area contributed by atoms with Crippen LogP contribution in [0.5, 0.6) is 0 Å². The normalized spacial score (nSPS) is 24.0. The lowest BCUT2D eigenvalue weighted by molar-refractivity contribution is 0.0482. The molecule has 0 atom stereocenters. The van der Waals surface area contributed by atoms with Crippen LogP contribution in [0.2, 0.25) is 0 Å². The van der Waals surface area contributed by atoms with E-state index in [1.807, 2.05) is 0 Å². The zero-order valence-corrected chi connectivity index (χ0v) is 7.21. The quantitative estimate of drug-likeness (QED) is 0.684. The van der Waals surface area contributed by atoms with Crippen LogP contribution in [0.3, 0.4) is 0 Å². The van der Waals surface area contributed by atoms with Gasteiger partial charge in [0.25, 0.3) is 0 Å². The minimum Gasteiger partial charge on any atom is -0.446 e. The summed E-state index contributed by atoms with van der Waals surface area (Å²) in [6.07, 6.45) is 6.82. The van der Waals surface area contributed by atoms with Crippen molar-refractivity contribution in [1.29, 1.82) is 0 Å². The Bertz CT molecular complexity index is 155. The van der Waals surface area contributed by atoms with E-state index in [1.54, 1.807) is 0 Å². The van der Waals surface area contributed by atoms with Gasteiger partial charge >= 0.3 is 6.09 Å². The molecule has 0 bridgehead atoms. The molecule has 0 spiro atoms. The molecule has 1 amide bonds. The van der Waals surface area contributed by atoms with E-state index < -0.39 is 0 Å². The topological polar surface area (TPSA) is 38.3 Å². The molecule has 0 aliphatic heterocycles. The van der Waals surface area contributed by atoms with Crippen molar-refractivity contribution in [3.63, 3.8) is 0 Å². The molecule has 0 saturated heterocycles. The maximum absolute atomic E-state index is 11.1. The predicted molar refractivity (Wildman–Crippen MR) is 44.9 cm³/mol. The van der Waals surface area contributed by atoms with Crippen molar-refractivity contribution < 1.29 is 9.53 Å². The van der Waals surface area contributed by atoms with Crippen LogP contribution >= 0.6 is 0 Å². The molecular formula is C9H15NO2. The number of nitrogens with one attached hydrogen (secondary N) is 1. The summed E-state index contributed by atoms with van der Waals surface area (Å²) in [5.74, 6) is 0. The smallest absolute Gasteiger partial charge is 0.407 e. The highest BCUT2D eigenvalue weighted by atomic mass is 16.6. The lowest BCUT2D eigenvalue weighted by atomic mass is 9.93. The maximum atomic E-state index is 11.1. The van der Waals surface area contributed by atoms with Crippen LogP contribution in [-0.4, -0.2) is 18.2 Å². The van der Waals surface area contributed by atoms with Crippen LogP contribution in [0, 0.1) is 0 Å². The Kier molecular flexibility index (Phi) is 2.19. The first-order chi connectivity index (χ1) is 5.84. The van der Waals surface area contributed by atoms with Crippen molar-refractivity contribution in [2.75, 3.05) is 0 Å². The standard InChI is InChI=1S/C9H15NO2/c11-9(10-7-3-1-4-7)12-8-5-2-6-8/h7-8H,1-6H2,(H,10,11). The second-order valence-corrected chi connectivity index (χ2v) is 3.73. The Balaban J connectivity index is 1.62. The average molecular weight is 169 g/mol. The van der Waals surface area contributed by atoms with Crippen molar-refractivity contribution >= 4 is 6.09 Å². The van der Waals surface area contributed by atoms with Gasteiger partial charge in [-0.3, -0.25) is 0 Å². The third kappa shape index (κ3) is 1.71. The molecule has 2 aliphatic rings. The molecule has 0 aromatic heterocycles. The van der Waals surface area contributed by atoms with E-state index >= 15 is 0 Å². The van der Waals surface area contributed by atoms with E-state index in [4.69, 9.17) is 4.74 Å². The van der Waals surface area contributed by atoms with Gasteiger partial charge in [0.05, 0.1) is 0 Å². The third-order valence-corrected chi connectivity index (χ3v) is 2.75. The first kappa shape index (κ1) is 7.90. The van der Waals surface area contributed by atoms with Crippen molar-refractivity contribution in [3.8, 4) is 0 Å². The monoisotopic (exact) mass is 169 g/mol. The lowest BCUT2D eigenvalue weighted by Gasteiger charge is -2.29. The van der Waals surface area contributed by atoms with E-state index in [0.29, 0.717) is 6.04 Å². The molecule has 0 aromatic rings. The Hall–Kier alpha value is -0.730. The first-order valence-electron chi connectivity index (χ1n) is 4.82. The highest BCUT2D eigenvalue weighted by Crippen LogP contribution is 2.23. The fraction of sp³-hybridized carbons (Fsp3) is 0.889. The second kappa shape index (κ2) is 3.33. The maximum Gasteiger partial charge on any atom is 0.407 e. The average Bonchev–Trinajstić information content (AvgIpc) is 1.89. The van der Waals surface area contributed by atoms with Gasteiger partial charge in [-0.25, -0.2) is 4.79 Å². The van der Waals surface area contributed by atoms with Gasteiger partial charge in [0.15, 0.2) is 0 Å². The highest BCUT2D eigenvalue weighted by molar-refractivity contribution is 5.68. The van der Waals surface area contributed by atoms with E-state index in [1.165, 1.54) is 12.8 Å². The summed E-state index contributed by atoms with van der Waals surface area (Å²) in [6, 6.07) is 0.401. The number of alkyl carbamates (subject to hydrolysis) is 1. The summed E-state index contributed by atoms with van der Waals surface area (Å²) in [7, 11) is 0. The van der Waals surface area contributed by atoms with E-state index in [9.17, 15) is 4.79 Å². The highest BCUT2D eigenvalue weighted by Gasteiger charge is 2.24. The van der Waals surface area contributed by atoms with Crippen LogP contribution in [0.4, 0.5) is 4.79 Å². The van der Waals surface area contributed by atoms with Crippen LogP contribution < -0.4 is 5.32 Å². The van der Waals surface area contributed by atoms with Gasteiger partial charge in [0.2, 0.25) is 0 Å². The third-order valence-electron chi connectivity index (χ3n) is 2.75. The van der Waals surface area contributed by atoms with Crippen LogP contribution in [0.1, 0.15) is 38.5 Å². The largest absolute Gasteiger partial charge is 0.446 e. The van der Waals surface area contributed by atoms with Crippen molar-refractivity contribution in [1.82, 2.24) is 5.32 Å².